The van der Waals surface area contributed by atoms with Crippen LogP contribution >= 0.6 is 15.9 Å². The Hall–Kier alpha value is -1.03. The number of fused-ring (bicyclic) bond motifs is 1. The minimum atomic E-state index is 0.154. The van der Waals surface area contributed by atoms with Crippen molar-refractivity contribution in [2.24, 2.45) is 0 Å². The lowest BCUT2D eigenvalue weighted by atomic mass is 10.0. The van der Waals surface area contributed by atoms with Crippen molar-refractivity contribution in [1.29, 1.82) is 0 Å². The maximum Gasteiger partial charge on any atom is 0.166 e. The van der Waals surface area contributed by atoms with Gasteiger partial charge < -0.3 is 11.1 Å². The number of nitrogen functional groups attached to an aromatic ring is 1. The van der Waals surface area contributed by atoms with E-state index < -0.39 is 0 Å². The fourth-order valence-corrected chi connectivity index (χ4v) is 2.08. The Balaban J connectivity index is 2.63. The van der Waals surface area contributed by atoms with E-state index in [1.807, 2.05) is 0 Å². The van der Waals surface area contributed by atoms with Crippen LogP contribution in [0.1, 0.15) is 16.8 Å². The number of carbonyl (C=O) groups is 1. The standard InChI is InChI=1S/C9H9BrN2O/c10-7-4-5(11)3-6-8(13)1-2-12-9(6)7/h3-4,12H,1-2,11H2. The van der Waals surface area contributed by atoms with Gasteiger partial charge in [0.05, 0.1) is 5.69 Å². The molecule has 0 fully saturated rings. The van der Waals surface area contributed by atoms with Crippen LogP contribution in [0.4, 0.5) is 11.4 Å². The third-order valence-corrected chi connectivity index (χ3v) is 2.69. The summed E-state index contributed by atoms with van der Waals surface area (Å²) < 4.78 is 0.857. The van der Waals surface area contributed by atoms with Crippen LogP contribution in [0.15, 0.2) is 16.6 Å². The van der Waals surface area contributed by atoms with Crippen molar-refractivity contribution < 1.29 is 4.79 Å². The van der Waals surface area contributed by atoms with Crippen molar-refractivity contribution in [3.8, 4) is 0 Å². The number of rotatable bonds is 0. The highest BCUT2D eigenvalue weighted by Gasteiger charge is 2.19. The number of halogens is 1. The minimum absolute atomic E-state index is 0.154. The van der Waals surface area contributed by atoms with Crippen LogP contribution in [0.2, 0.25) is 0 Å². The summed E-state index contributed by atoms with van der Waals surface area (Å²) in [5, 5.41) is 3.17. The summed E-state index contributed by atoms with van der Waals surface area (Å²) in [6.45, 7) is 0.703. The smallest absolute Gasteiger partial charge is 0.166 e. The quantitative estimate of drug-likeness (QED) is 0.683. The van der Waals surface area contributed by atoms with Gasteiger partial charge >= 0.3 is 0 Å². The second-order valence-electron chi connectivity index (χ2n) is 3.03. The topological polar surface area (TPSA) is 55.1 Å². The summed E-state index contributed by atoms with van der Waals surface area (Å²) in [6, 6.07) is 3.51. The summed E-state index contributed by atoms with van der Waals surface area (Å²) in [7, 11) is 0. The summed E-state index contributed by atoms with van der Waals surface area (Å²) in [6.07, 6.45) is 0.545. The van der Waals surface area contributed by atoms with Gasteiger partial charge in [-0.3, -0.25) is 4.79 Å². The Kier molecular flexibility index (Phi) is 2.00. The normalized spacial score (nSPS) is 15.0. The van der Waals surface area contributed by atoms with E-state index >= 15 is 0 Å². The largest absolute Gasteiger partial charge is 0.399 e. The number of ketones is 1. The molecule has 68 valence electrons. The van der Waals surface area contributed by atoms with Crippen molar-refractivity contribution in [2.75, 3.05) is 17.6 Å². The molecule has 0 aromatic heterocycles. The van der Waals surface area contributed by atoms with Gasteiger partial charge in [0.25, 0.3) is 0 Å². The van der Waals surface area contributed by atoms with E-state index in [2.05, 4.69) is 21.2 Å². The fourth-order valence-electron chi connectivity index (χ4n) is 1.46. The third kappa shape index (κ3) is 1.42. The fraction of sp³-hybridized carbons (Fsp3) is 0.222. The van der Waals surface area contributed by atoms with Gasteiger partial charge in [0, 0.05) is 28.7 Å². The highest BCUT2D eigenvalue weighted by Crippen LogP contribution is 2.32. The van der Waals surface area contributed by atoms with Crippen LogP contribution in [0.25, 0.3) is 0 Å². The zero-order valence-electron chi connectivity index (χ0n) is 6.93. The Labute approximate surface area is 84.4 Å². The number of nitrogens with one attached hydrogen (secondary N) is 1. The molecule has 1 aromatic carbocycles. The highest BCUT2D eigenvalue weighted by atomic mass is 79.9. The van der Waals surface area contributed by atoms with E-state index in [1.54, 1.807) is 12.1 Å². The van der Waals surface area contributed by atoms with E-state index in [9.17, 15) is 4.79 Å². The van der Waals surface area contributed by atoms with Gasteiger partial charge in [-0.15, -0.1) is 0 Å². The number of hydrogen-bond donors (Lipinski definition) is 2. The number of Topliss-reactive ketones (excluding diaryl/α,β-unsaturated/α-hetero) is 1. The molecule has 0 unspecified atom stereocenters. The predicted octanol–water partition coefficient (Wildman–Crippen LogP) is 2.03. The Bertz CT molecular complexity index is 376. The van der Waals surface area contributed by atoms with Gasteiger partial charge in [-0.05, 0) is 28.1 Å². The Morgan fingerprint density at radius 2 is 2.23 bits per heavy atom. The SMILES string of the molecule is Nc1cc(Br)c2c(c1)C(=O)CCN2. The molecule has 0 radical (unpaired) electrons. The van der Waals surface area contributed by atoms with Crippen LogP contribution in [0, 0.1) is 0 Å². The Morgan fingerprint density at radius 1 is 1.46 bits per heavy atom. The van der Waals surface area contributed by atoms with Crippen molar-refractivity contribution in [3.63, 3.8) is 0 Å². The molecule has 1 aliphatic heterocycles. The second kappa shape index (κ2) is 3.03. The maximum absolute atomic E-state index is 11.5. The van der Waals surface area contributed by atoms with E-state index in [0.29, 0.717) is 24.2 Å². The summed E-state index contributed by atoms with van der Waals surface area (Å²) in [5.41, 5.74) is 7.81. The maximum atomic E-state index is 11.5. The van der Waals surface area contributed by atoms with Gasteiger partial charge in [-0.2, -0.15) is 0 Å². The van der Waals surface area contributed by atoms with Gasteiger partial charge in [-0.1, -0.05) is 0 Å². The molecule has 2 rings (SSSR count). The molecule has 0 saturated heterocycles. The molecule has 13 heavy (non-hydrogen) atoms. The van der Waals surface area contributed by atoms with Crippen LogP contribution in [0.5, 0.6) is 0 Å². The molecule has 3 N–H and O–H groups in total. The average Bonchev–Trinajstić information content (AvgIpc) is 2.07. The first kappa shape index (κ1) is 8.56. The molecule has 0 amide bonds. The molecule has 1 heterocycles. The predicted molar refractivity (Wildman–Crippen MR) is 56.0 cm³/mol. The van der Waals surface area contributed by atoms with E-state index in [0.717, 1.165) is 10.2 Å². The molecule has 0 saturated carbocycles. The lowest BCUT2D eigenvalue weighted by Gasteiger charge is -2.18. The molecule has 0 aliphatic carbocycles. The highest BCUT2D eigenvalue weighted by molar-refractivity contribution is 9.10. The van der Waals surface area contributed by atoms with E-state index in [-0.39, 0.29) is 5.78 Å². The first-order valence-corrected chi connectivity index (χ1v) is 4.84. The molecule has 1 aromatic rings. The molecule has 3 nitrogen and oxygen atoms in total. The van der Waals surface area contributed by atoms with Crippen molar-refractivity contribution in [1.82, 2.24) is 0 Å². The first-order valence-electron chi connectivity index (χ1n) is 4.04. The number of nitrogens with two attached hydrogens (primary N) is 1. The van der Waals surface area contributed by atoms with Gasteiger partial charge in [-0.25, -0.2) is 0 Å². The third-order valence-electron chi connectivity index (χ3n) is 2.07. The van der Waals surface area contributed by atoms with Crippen LogP contribution in [-0.4, -0.2) is 12.3 Å². The molecule has 0 spiro atoms. The molecular formula is C9H9BrN2O. The summed E-state index contributed by atoms with van der Waals surface area (Å²) in [4.78, 5) is 11.5. The average molecular weight is 241 g/mol. The van der Waals surface area contributed by atoms with Crippen LogP contribution in [0.3, 0.4) is 0 Å². The molecular weight excluding hydrogens is 232 g/mol. The van der Waals surface area contributed by atoms with Gasteiger partial charge in [0.15, 0.2) is 5.78 Å². The number of carbonyl (C=O) groups excluding carboxylic acids is 1. The van der Waals surface area contributed by atoms with Crippen molar-refractivity contribution in [2.45, 2.75) is 6.42 Å². The summed E-state index contributed by atoms with van der Waals surface area (Å²) >= 11 is 3.37. The van der Waals surface area contributed by atoms with E-state index in [1.165, 1.54) is 0 Å². The lowest BCUT2D eigenvalue weighted by molar-refractivity contribution is 0.0983. The Morgan fingerprint density at radius 3 is 3.00 bits per heavy atom. The van der Waals surface area contributed by atoms with E-state index in [4.69, 9.17) is 5.73 Å². The number of hydrogen-bond acceptors (Lipinski definition) is 3. The zero-order chi connectivity index (χ0) is 9.42. The lowest BCUT2D eigenvalue weighted by Crippen LogP contribution is -2.18. The van der Waals surface area contributed by atoms with Gasteiger partial charge in [0.2, 0.25) is 0 Å². The molecule has 0 bridgehead atoms. The van der Waals surface area contributed by atoms with Crippen LogP contribution in [-0.2, 0) is 0 Å². The number of benzene rings is 1. The monoisotopic (exact) mass is 240 g/mol. The number of anilines is 2. The van der Waals surface area contributed by atoms with Crippen LogP contribution < -0.4 is 11.1 Å². The van der Waals surface area contributed by atoms with Crippen molar-refractivity contribution in [3.05, 3.63) is 22.2 Å². The minimum Gasteiger partial charge on any atom is -0.399 e. The van der Waals surface area contributed by atoms with Crippen molar-refractivity contribution >= 4 is 33.1 Å². The molecule has 0 atom stereocenters. The van der Waals surface area contributed by atoms with Gasteiger partial charge in [0.1, 0.15) is 0 Å². The molecule has 1 aliphatic rings. The summed E-state index contributed by atoms with van der Waals surface area (Å²) in [5.74, 6) is 0.154. The first-order chi connectivity index (χ1) is 6.18. The molecule has 4 heteroatoms. The second-order valence-corrected chi connectivity index (χ2v) is 3.88. The zero-order valence-corrected chi connectivity index (χ0v) is 8.52.